The van der Waals surface area contributed by atoms with Gasteiger partial charge in [-0.15, -0.1) is 0 Å². The van der Waals surface area contributed by atoms with Gasteiger partial charge in [-0.3, -0.25) is 0 Å². The molecule has 3 aromatic carbocycles. The van der Waals surface area contributed by atoms with Crippen molar-refractivity contribution in [2.24, 2.45) is 0 Å². The van der Waals surface area contributed by atoms with Crippen molar-refractivity contribution in [3.05, 3.63) is 102 Å². The van der Waals surface area contributed by atoms with Gasteiger partial charge in [-0.25, -0.2) is 4.79 Å². The SMILES string of the molecule is CC=C(C(=O)Oc1ccccc1)c1ccccc1OCc1ccccc1. The lowest BCUT2D eigenvalue weighted by Crippen LogP contribution is -2.11. The number of allylic oxidation sites excluding steroid dienone is 1. The van der Waals surface area contributed by atoms with Crippen LogP contribution < -0.4 is 9.47 Å². The van der Waals surface area contributed by atoms with Crippen LogP contribution >= 0.6 is 0 Å². The van der Waals surface area contributed by atoms with Crippen LogP contribution in [0.25, 0.3) is 5.57 Å². The summed E-state index contributed by atoms with van der Waals surface area (Å²) in [5, 5.41) is 0. The fourth-order valence-corrected chi connectivity index (χ4v) is 2.58. The van der Waals surface area contributed by atoms with Crippen LogP contribution in [0.5, 0.6) is 11.5 Å². The Morgan fingerprint density at radius 2 is 1.46 bits per heavy atom. The van der Waals surface area contributed by atoms with Crippen molar-refractivity contribution in [1.82, 2.24) is 0 Å². The van der Waals surface area contributed by atoms with E-state index in [-0.39, 0.29) is 0 Å². The summed E-state index contributed by atoms with van der Waals surface area (Å²) in [4.78, 5) is 12.6. The zero-order chi connectivity index (χ0) is 18.2. The second-order valence-corrected chi connectivity index (χ2v) is 5.68. The summed E-state index contributed by atoms with van der Waals surface area (Å²) in [6.07, 6.45) is 1.75. The highest BCUT2D eigenvalue weighted by Crippen LogP contribution is 2.28. The van der Waals surface area contributed by atoms with Crippen molar-refractivity contribution in [2.45, 2.75) is 13.5 Å². The van der Waals surface area contributed by atoms with Gasteiger partial charge in [-0.2, -0.15) is 0 Å². The van der Waals surface area contributed by atoms with Gasteiger partial charge in [0.15, 0.2) is 0 Å². The number of para-hydroxylation sites is 2. The molecule has 0 heterocycles. The molecule has 3 heteroatoms. The van der Waals surface area contributed by atoms with Crippen LogP contribution in [0.3, 0.4) is 0 Å². The van der Waals surface area contributed by atoms with E-state index in [9.17, 15) is 4.79 Å². The molecule has 0 unspecified atom stereocenters. The van der Waals surface area contributed by atoms with Gasteiger partial charge in [0.05, 0.1) is 5.57 Å². The Balaban J connectivity index is 1.79. The van der Waals surface area contributed by atoms with Crippen LogP contribution in [0.4, 0.5) is 0 Å². The third-order valence-corrected chi connectivity index (χ3v) is 3.88. The Bertz CT molecular complexity index is 884. The zero-order valence-corrected chi connectivity index (χ0v) is 14.6. The highest BCUT2D eigenvalue weighted by atomic mass is 16.5. The summed E-state index contributed by atoms with van der Waals surface area (Å²) in [6.45, 7) is 2.25. The normalized spacial score (nSPS) is 11.0. The van der Waals surface area contributed by atoms with Crippen LogP contribution in [0.1, 0.15) is 18.1 Å². The van der Waals surface area contributed by atoms with Gasteiger partial charge in [-0.05, 0) is 30.7 Å². The molecule has 130 valence electrons. The number of hydrogen-bond acceptors (Lipinski definition) is 3. The molecule has 0 saturated heterocycles. The third-order valence-electron chi connectivity index (χ3n) is 3.88. The molecule has 0 aliphatic heterocycles. The highest BCUT2D eigenvalue weighted by molar-refractivity contribution is 6.18. The minimum Gasteiger partial charge on any atom is -0.488 e. The Hall–Kier alpha value is -3.33. The van der Waals surface area contributed by atoms with Gasteiger partial charge in [0.25, 0.3) is 0 Å². The molecule has 0 aromatic heterocycles. The molecule has 3 nitrogen and oxygen atoms in total. The van der Waals surface area contributed by atoms with Crippen LogP contribution in [-0.2, 0) is 11.4 Å². The largest absolute Gasteiger partial charge is 0.488 e. The minimum atomic E-state index is -0.408. The highest BCUT2D eigenvalue weighted by Gasteiger charge is 2.17. The molecular weight excluding hydrogens is 324 g/mol. The van der Waals surface area contributed by atoms with Gasteiger partial charge < -0.3 is 9.47 Å². The maximum absolute atomic E-state index is 12.6. The molecule has 0 radical (unpaired) electrons. The molecule has 3 aromatic rings. The molecular formula is C23H20O3. The zero-order valence-electron chi connectivity index (χ0n) is 14.6. The van der Waals surface area contributed by atoms with Crippen molar-refractivity contribution in [3.8, 4) is 11.5 Å². The molecule has 0 fully saturated rings. The molecule has 3 rings (SSSR count). The first-order valence-electron chi connectivity index (χ1n) is 8.47. The van der Waals surface area contributed by atoms with E-state index in [0.29, 0.717) is 29.2 Å². The van der Waals surface area contributed by atoms with E-state index in [1.54, 1.807) is 18.2 Å². The number of carbonyl (C=O) groups excluding carboxylic acids is 1. The monoisotopic (exact) mass is 344 g/mol. The summed E-state index contributed by atoms with van der Waals surface area (Å²) in [5.74, 6) is 0.753. The molecule has 0 N–H and O–H groups in total. The molecule has 0 atom stereocenters. The lowest BCUT2D eigenvalue weighted by atomic mass is 10.0. The lowest BCUT2D eigenvalue weighted by Gasteiger charge is -2.14. The van der Waals surface area contributed by atoms with Crippen LogP contribution in [0.15, 0.2) is 91.0 Å². The predicted molar refractivity (Wildman–Crippen MR) is 103 cm³/mol. The minimum absolute atomic E-state index is 0.408. The van der Waals surface area contributed by atoms with Crippen molar-refractivity contribution in [3.63, 3.8) is 0 Å². The fraction of sp³-hybridized carbons (Fsp3) is 0.0870. The summed E-state index contributed by atoms with van der Waals surface area (Å²) >= 11 is 0. The summed E-state index contributed by atoms with van der Waals surface area (Å²) in [7, 11) is 0. The second-order valence-electron chi connectivity index (χ2n) is 5.68. The van der Waals surface area contributed by atoms with Crippen molar-refractivity contribution >= 4 is 11.5 Å². The molecule has 0 bridgehead atoms. The molecule has 0 aliphatic carbocycles. The van der Waals surface area contributed by atoms with E-state index in [2.05, 4.69) is 0 Å². The Kier molecular flexibility index (Phi) is 5.84. The lowest BCUT2D eigenvalue weighted by molar-refractivity contribution is -0.127. The number of rotatable bonds is 6. The van der Waals surface area contributed by atoms with E-state index >= 15 is 0 Å². The second kappa shape index (κ2) is 8.67. The molecule has 26 heavy (non-hydrogen) atoms. The Morgan fingerprint density at radius 1 is 0.846 bits per heavy atom. The van der Waals surface area contributed by atoms with Crippen LogP contribution in [0.2, 0.25) is 0 Å². The quantitative estimate of drug-likeness (QED) is 0.347. The van der Waals surface area contributed by atoms with Gasteiger partial charge in [0.1, 0.15) is 18.1 Å². The molecule has 0 aliphatic rings. The number of ether oxygens (including phenoxy) is 2. The average molecular weight is 344 g/mol. The smallest absolute Gasteiger partial charge is 0.343 e. The van der Waals surface area contributed by atoms with E-state index in [1.807, 2.05) is 79.7 Å². The van der Waals surface area contributed by atoms with Gasteiger partial charge >= 0.3 is 5.97 Å². The van der Waals surface area contributed by atoms with Crippen LogP contribution in [0, 0.1) is 0 Å². The molecule has 0 spiro atoms. The number of hydrogen-bond donors (Lipinski definition) is 0. The Morgan fingerprint density at radius 3 is 2.15 bits per heavy atom. The molecule has 0 amide bonds. The van der Waals surface area contributed by atoms with Gasteiger partial charge in [-0.1, -0.05) is 72.8 Å². The van der Waals surface area contributed by atoms with E-state index < -0.39 is 5.97 Å². The first-order valence-corrected chi connectivity index (χ1v) is 8.47. The summed E-state index contributed by atoms with van der Waals surface area (Å²) in [5.41, 5.74) is 2.25. The third kappa shape index (κ3) is 4.39. The standard InChI is InChI=1S/C23H20O3/c1-2-20(23(24)26-19-13-7-4-8-14-19)21-15-9-10-16-22(21)25-17-18-11-5-3-6-12-18/h2-16H,17H2,1H3. The maximum atomic E-state index is 12.6. The van der Waals surface area contributed by atoms with Crippen molar-refractivity contribution in [1.29, 1.82) is 0 Å². The van der Waals surface area contributed by atoms with Gasteiger partial charge in [0, 0.05) is 5.56 Å². The summed E-state index contributed by atoms with van der Waals surface area (Å²) < 4.78 is 11.4. The van der Waals surface area contributed by atoms with E-state index in [4.69, 9.17) is 9.47 Å². The number of esters is 1. The van der Waals surface area contributed by atoms with E-state index in [0.717, 1.165) is 5.56 Å². The number of carbonyl (C=O) groups is 1. The maximum Gasteiger partial charge on any atom is 0.343 e. The average Bonchev–Trinajstić information content (AvgIpc) is 2.69. The van der Waals surface area contributed by atoms with Crippen molar-refractivity contribution in [2.75, 3.05) is 0 Å². The van der Waals surface area contributed by atoms with Gasteiger partial charge in [0.2, 0.25) is 0 Å². The molecule has 0 saturated carbocycles. The topological polar surface area (TPSA) is 35.5 Å². The van der Waals surface area contributed by atoms with E-state index in [1.165, 1.54) is 0 Å². The predicted octanol–water partition coefficient (Wildman–Crippen LogP) is 5.27. The van der Waals surface area contributed by atoms with Crippen molar-refractivity contribution < 1.29 is 14.3 Å². The summed E-state index contributed by atoms with van der Waals surface area (Å²) in [6, 6.07) is 26.4. The fourth-order valence-electron chi connectivity index (χ4n) is 2.58. The number of benzene rings is 3. The first kappa shape index (κ1) is 17.5. The Labute approximate surface area is 153 Å². The first-order chi connectivity index (χ1) is 12.8. The van der Waals surface area contributed by atoms with Crippen LogP contribution in [-0.4, -0.2) is 5.97 Å².